The van der Waals surface area contributed by atoms with Crippen molar-refractivity contribution in [3.63, 3.8) is 0 Å². The van der Waals surface area contributed by atoms with Crippen molar-refractivity contribution in [1.82, 2.24) is 15.5 Å². The molecule has 27 heavy (non-hydrogen) atoms. The fourth-order valence-corrected chi connectivity index (χ4v) is 2.99. The Morgan fingerprint density at radius 2 is 2.00 bits per heavy atom. The highest BCUT2D eigenvalue weighted by atomic mass is 127. The van der Waals surface area contributed by atoms with Gasteiger partial charge in [0.15, 0.2) is 5.96 Å². The van der Waals surface area contributed by atoms with Gasteiger partial charge in [0.1, 0.15) is 5.82 Å². The Morgan fingerprint density at radius 1 is 1.30 bits per heavy atom. The minimum atomic E-state index is -0.245. The summed E-state index contributed by atoms with van der Waals surface area (Å²) in [4.78, 5) is 6.70. The van der Waals surface area contributed by atoms with Crippen molar-refractivity contribution in [2.75, 3.05) is 47.0 Å². The third kappa shape index (κ3) is 7.52. The van der Waals surface area contributed by atoms with Gasteiger partial charge >= 0.3 is 0 Å². The number of morpholine rings is 1. The standard InChI is InChI=1S/C19H31FN4O2.HI/c1-19(2,24-7-9-26-10-8-24)14-23-18(21-3)22-12-15-5-6-17(20)16(11-15)13-25-4;/h5-6,11H,7-10,12-14H2,1-4H3,(H2,21,22,23);1H. The van der Waals surface area contributed by atoms with Crippen LogP contribution in [0.25, 0.3) is 0 Å². The topological polar surface area (TPSA) is 58.1 Å². The molecular weight excluding hydrogens is 462 g/mol. The zero-order valence-electron chi connectivity index (χ0n) is 16.7. The zero-order chi connectivity index (χ0) is 19.0. The van der Waals surface area contributed by atoms with Gasteiger partial charge in [0.25, 0.3) is 0 Å². The van der Waals surface area contributed by atoms with E-state index in [1.807, 2.05) is 6.07 Å². The summed E-state index contributed by atoms with van der Waals surface area (Å²) in [6.45, 7) is 9.48. The highest BCUT2D eigenvalue weighted by Gasteiger charge is 2.28. The third-order valence-electron chi connectivity index (χ3n) is 4.65. The fraction of sp³-hybridized carbons (Fsp3) is 0.632. The molecule has 1 saturated heterocycles. The molecule has 1 aliphatic heterocycles. The fourth-order valence-electron chi connectivity index (χ4n) is 2.99. The molecule has 8 heteroatoms. The zero-order valence-corrected chi connectivity index (χ0v) is 19.0. The van der Waals surface area contributed by atoms with Crippen LogP contribution in [0, 0.1) is 5.82 Å². The number of ether oxygens (including phenoxy) is 2. The van der Waals surface area contributed by atoms with Gasteiger partial charge in [-0.25, -0.2) is 4.39 Å². The molecule has 0 unspecified atom stereocenters. The summed E-state index contributed by atoms with van der Waals surface area (Å²) in [5.74, 6) is 0.481. The summed E-state index contributed by atoms with van der Waals surface area (Å²) < 4.78 is 24.2. The molecule has 6 nitrogen and oxygen atoms in total. The van der Waals surface area contributed by atoms with Crippen molar-refractivity contribution >= 4 is 29.9 Å². The van der Waals surface area contributed by atoms with Crippen LogP contribution < -0.4 is 10.6 Å². The lowest BCUT2D eigenvalue weighted by Crippen LogP contribution is -2.56. The molecule has 1 fully saturated rings. The van der Waals surface area contributed by atoms with Gasteiger partial charge in [0.2, 0.25) is 0 Å². The summed E-state index contributed by atoms with van der Waals surface area (Å²) in [5, 5.41) is 6.67. The molecule has 1 heterocycles. The van der Waals surface area contributed by atoms with Gasteiger partial charge in [-0.2, -0.15) is 0 Å². The summed E-state index contributed by atoms with van der Waals surface area (Å²) >= 11 is 0. The van der Waals surface area contributed by atoms with Gasteiger partial charge in [-0.1, -0.05) is 6.07 Å². The van der Waals surface area contributed by atoms with Crippen LogP contribution >= 0.6 is 24.0 Å². The van der Waals surface area contributed by atoms with Crippen LogP contribution in [-0.2, 0) is 22.6 Å². The van der Waals surface area contributed by atoms with Crippen LogP contribution in [0.5, 0.6) is 0 Å². The number of aliphatic imine (C=N–C) groups is 1. The molecule has 2 rings (SSSR count). The highest BCUT2D eigenvalue weighted by molar-refractivity contribution is 14.0. The number of hydrogen-bond acceptors (Lipinski definition) is 4. The van der Waals surface area contributed by atoms with Crippen molar-refractivity contribution < 1.29 is 13.9 Å². The monoisotopic (exact) mass is 494 g/mol. The van der Waals surface area contributed by atoms with E-state index in [0.717, 1.165) is 44.4 Å². The minimum absolute atomic E-state index is 0. The van der Waals surface area contributed by atoms with Gasteiger partial charge in [-0.15, -0.1) is 24.0 Å². The van der Waals surface area contributed by atoms with Crippen molar-refractivity contribution in [1.29, 1.82) is 0 Å². The Hall–Kier alpha value is -0.970. The van der Waals surface area contributed by atoms with Crippen molar-refractivity contribution in [3.05, 3.63) is 35.1 Å². The maximum Gasteiger partial charge on any atom is 0.191 e. The minimum Gasteiger partial charge on any atom is -0.380 e. The molecule has 0 saturated carbocycles. The van der Waals surface area contributed by atoms with E-state index in [9.17, 15) is 4.39 Å². The maximum absolute atomic E-state index is 13.7. The second-order valence-electron chi connectivity index (χ2n) is 7.05. The second-order valence-corrected chi connectivity index (χ2v) is 7.05. The van der Waals surface area contributed by atoms with Crippen LogP contribution in [0.4, 0.5) is 4.39 Å². The summed E-state index contributed by atoms with van der Waals surface area (Å²) in [7, 11) is 3.31. The number of halogens is 2. The normalized spacial score (nSPS) is 16.0. The van der Waals surface area contributed by atoms with Crippen LogP contribution in [0.2, 0.25) is 0 Å². The maximum atomic E-state index is 13.7. The largest absolute Gasteiger partial charge is 0.380 e. The van der Waals surface area contributed by atoms with E-state index in [1.54, 1.807) is 20.2 Å². The highest BCUT2D eigenvalue weighted by Crippen LogP contribution is 2.15. The first-order valence-electron chi connectivity index (χ1n) is 9.00. The molecule has 0 atom stereocenters. The van der Waals surface area contributed by atoms with Crippen molar-refractivity contribution in [3.8, 4) is 0 Å². The Balaban J connectivity index is 0.00000364. The number of benzene rings is 1. The Morgan fingerprint density at radius 3 is 2.63 bits per heavy atom. The predicted octanol–water partition coefficient (Wildman–Crippen LogP) is 2.37. The quantitative estimate of drug-likeness (QED) is 0.347. The molecule has 154 valence electrons. The van der Waals surface area contributed by atoms with Gasteiger partial charge < -0.3 is 20.1 Å². The smallest absolute Gasteiger partial charge is 0.191 e. The first-order valence-corrected chi connectivity index (χ1v) is 9.00. The van der Waals surface area contributed by atoms with E-state index < -0.39 is 0 Å². The SMILES string of the molecule is CN=C(NCc1ccc(F)c(COC)c1)NCC(C)(C)N1CCOCC1.I. The molecule has 0 aliphatic carbocycles. The van der Waals surface area contributed by atoms with E-state index >= 15 is 0 Å². The summed E-state index contributed by atoms with van der Waals surface area (Å²) in [5.41, 5.74) is 1.54. The number of nitrogens with one attached hydrogen (secondary N) is 2. The number of rotatable bonds is 7. The molecule has 0 spiro atoms. The number of nitrogens with zero attached hydrogens (tertiary/aromatic N) is 2. The summed E-state index contributed by atoms with van der Waals surface area (Å²) in [6.07, 6.45) is 0. The van der Waals surface area contributed by atoms with Gasteiger partial charge in [0.05, 0.1) is 19.8 Å². The molecule has 1 aromatic rings. The lowest BCUT2D eigenvalue weighted by molar-refractivity contribution is -0.00834. The molecule has 0 amide bonds. The predicted molar refractivity (Wildman–Crippen MR) is 117 cm³/mol. The van der Waals surface area contributed by atoms with E-state index in [0.29, 0.717) is 12.1 Å². The third-order valence-corrected chi connectivity index (χ3v) is 4.65. The van der Waals surface area contributed by atoms with E-state index in [2.05, 4.69) is 34.4 Å². The lowest BCUT2D eigenvalue weighted by Gasteiger charge is -2.41. The first-order chi connectivity index (χ1) is 12.5. The molecule has 0 bridgehead atoms. The number of guanidine groups is 1. The molecule has 0 radical (unpaired) electrons. The average Bonchev–Trinajstić information content (AvgIpc) is 2.65. The van der Waals surface area contributed by atoms with Gasteiger partial charge in [-0.05, 0) is 31.5 Å². The van der Waals surface area contributed by atoms with E-state index in [4.69, 9.17) is 9.47 Å². The van der Waals surface area contributed by atoms with Crippen LogP contribution in [-0.4, -0.2) is 63.4 Å². The molecule has 1 aromatic carbocycles. The molecule has 0 aromatic heterocycles. The van der Waals surface area contributed by atoms with Crippen molar-refractivity contribution in [2.45, 2.75) is 32.5 Å². The first kappa shape index (κ1) is 24.1. The number of hydrogen-bond donors (Lipinski definition) is 2. The van der Waals surface area contributed by atoms with Crippen molar-refractivity contribution in [2.24, 2.45) is 4.99 Å². The second kappa shape index (κ2) is 11.8. The molecule has 1 aliphatic rings. The van der Waals surface area contributed by atoms with Crippen LogP contribution in [0.1, 0.15) is 25.0 Å². The Bertz CT molecular complexity index is 607. The average molecular weight is 494 g/mol. The Kier molecular flexibility index (Phi) is 10.5. The number of methoxy groups -OCH3 is 1. The van der Waals surface area contributed by atoms with E-state index in [1.165, 1.54) is 6.07 Å². The summed E-state index contributed by atoms with van der Waals surface area (Å²) in [6, 6.07) is 5.06. The van der Waals surface area contributed by atoms with Crippen LogP contribution in [0.15, 0.2) is 23.2 Å². The molecule has 2 N–H and O–H groups in total. The Labute approximate surface area is 178 Å². The van der Waals surface area contributed by atoms with Gasteiger partial charge in [0, 0.05) is 51.4 Å². The lowest BCUT2D eigenvalue weighted by atomic mass is 10.0. The van der Waals surface area contributed by atoms with Gasteiger partial charge in [-0.3, -0.25) is 9.89 Å². The molecular formula is C19H32FIN4O2. The van der Waals surface area contributed by atoms with E-state index in [-0.39, 0.29) is 41.9 Å². The van der Waals surface area contributed by atoms with Crippen LogP contribution in [0.3, 0.4) is 0 Å².